The van der Waals surface area contributed by atoms with Gasteiger partial charge >= 0.3 is 0 Å². The lowest BCUT2D eigenvalue weighted by Crippen LogP contribution is -2.40. The Morgan fingerprint density at radius 1 is 1.47 bits per heavy atom. The standard InChI is InChI=1S/C10H12FN3O3/c1-5(10(16)14-13)17-7-4-2-3-6(11)8(7)9(12)15/h2-5H,13H2,1H3,(H2,12,15)(H,14,16). The number of carbonyl (C=O) groups excluding carboxylic acids is 2. The molecular formula is C10H12FN3O3. The van der Waals surface area contributed by atoms with Crippen molar-refractivity contribution >= 4 is 11.8 Å². The van der Waals surface area contributed by atoms with Crippen molar-refractivity contribution in [1.29, 1.82) is 0 Å². The Morgan fingerprint density at radius 2 is 2.12 bits per heavy atom. The van der Waals surface area contributed by atoms with E-state index in [1.54, 1.807) is 0 Å². The molecule has 17 heavy (non-hydrogen) atoms. The van der Waals surface area contributed by atoms with E-state index in [1.165, 1.54) is 19.1 Å². The Balaban J connectivity index is 3.02. The lowest BCUT2D eigenvalue weighted by atomic mass is 10.1. The summed E-state index contributed by atoms with van der Waals surface area (Å²) in [6.45, 7) is 1.40. The predicted octanol–water partition coefficient (Wildman–Crippen LogP) is -0.318. The van der Waals surface area contributed by atoms with Crippen LogP contribution in [0.4, 0.5) is 4.39 Å². The van der Waals surface area contributed by atoms with Crippen LogP contribution in [0, 0.1) is 5.82 Å². The second kappa shape index (κ2) is 5.26. The van der Waals surface area contributed by atoms with Crippen molar-refractivity contribution in [3.05, 3.63) is 29.6 Å². The summed E-state index contributed by atoms with van der Waals surface area (Å²) < 4.78 is 18.4. The number of primary amides is 1. The van der Waals surface area contributed by atoms with E-state index in [0.29, 0.717) is 0 Å². The van der Waals surface area contributed by atoms with Crippen LogP contribution < -0.4 is 21.7 Å². The van der Waals surface area contributed by atoms with Gasteiger partial charge in [0.2, 0.25) is 0 Å². The van der Waals surface area contributed by atoms with Gasteiger partial charge in [0.1, 0.15) is 17.1 Å². The number of hydrogen-bond acceptors (Lipinski definition) is 4. The molecule has 5 N–H and O–H groups in total. The molecule has 1 rings (SSSR count). The summed E-state index contributed by atoms with van der Waals surface area (Å²) in [6, 6.07) is 3.74. The summed E-state index contributed by atoms with van der Waals surface area (Å²) in [7, 11) is 0. The van der Waals surface area contributed by atoms with Gasteiger partial charge in [-0.3, -0.25) is 15.0 Å². The molecule has 1 aromatic rings. The van der Waals surface area contributed by atoms with Crippen molar-refractivity contribution in [3.8, 4) is 5.75 Å². The molecule has 1 unspecified atom stereocenters. The van der Waals surface area contributed by atoms with Gasteiger partial charge in [-0.05, 0) is 19.1 Å². The lowest BCUT2D eigenvalue weighted by molar-refractivity contribution is -0.127. The highest BCUT2D eigenvalue weighted by molar-refractivity contribution is 5.96. The molecular weight excluding hydrogens is 229 g/mol. The van der Waals surface area contributed by atoms with Gasteiger partial charge in [-0.25, -0.2) is 10.2 Å². The van der Waals surface area contributed by atoms with E-state index < -0.39 is 29.3 Å². The Kier molecular flexibility index (Phi) is 4.00. The summed E-state index contributed by atoms with van der Waals surface area (Å²) in [5, 5.41) is 0. The van der Waals surface area contributed by atoms with Gasteiger partial charge in [0.05, 0.1) is 0 Å². The zero-order chi connectivity index (χ0) is 13.0. The van der Waals surface area contributed by atoms with Crippen LogP contribution >= 0.6 is 0 Å². The maximum atomic E-state index is 13.3. The molecule has 0 aliphatic rings. The van der Waals surface area contributed by atoms with Crippen molar-refractivity contribution in [2.75, 3.05) is 0 Å². The van der Waals surface area contributed by atoms with Crippen LogP contribution in [-0.2, 0) is 4.79 Å². The quantitative estimate of drug-likeness (QED) is 0.381. The highest BCUT2D eigenvalue weighted by atomic mass is 19.1. The first-order chi connectivity index (χ1) is 7.97. The highest BCUT2D eigenvalue weighted by Gasteiger charge is 2.19. The first-order valence-corrected chi connectivity index (χ1v) is 4.72. The van der Waals surface area contributed by atoms with E-state index in [-0.39, 0.29) is 5.75 Å². The van der Waals surface area contributed by atoms with Gasteiger partial charge in [0.25, 0.3) is 11.8 Å². The third kappa shape index (κ3) is 2.91. The Morgan fingerprint density at radius 3 is 2.65 bits per heavy atom. The molecule has 0 aliphatic heterocycles. The number of hydrogen-bond donors (Lipinski definition) is 3. The zero-order valence-corrected chi connectivity index (χ0v) is 9.07. The number of rotatable bonds is 4. The second-order valence-electron chi connectivity index (χ2n) is 3.25. The summed E-state index contributed by atoms with van der Waals surface area (Å²) in [6.07, 6.45) is -0.972. The number of ether oxygens (including phenoxy) is 1. The van der Waals surface area contributed by atoms with Crippen LogP contribution in [0.15, 0.2) is 18.2 Å². The first-order valence-electron chi connectivity index (χ1n) is 4.72. The van der Waals surface area contributed by atoms with Crippen molar-refractivity contribution in [2.45, 2.75) is 13.0 Å². The van der Waals surface area contributed by atoms with E-state index in [1.807, 2.05) is 5.43 Å². The number of amides is 2. The summed E-state index contributed by atoms with van der Waals surface area (Å²) in [5.41, 5.74) is 6.49. The Bertz CT molecular complexity index is 450. The van der Waals surface area contributed by atoms with Gasteiger partial charge < -0.3 is 10.5 Å². The maximum Gasteiger partial charge on any atom is 0.274 e. The molecule has 0 saturated heterocycles. The van der Waals surface area contributed by atoms with Crippen LogP contribution in [0.25, 0.3) is 0 Å². The molecule has 0 aromatic heterocycles. The van der Waals surface area contributed by atoms with Crippen LogP contribution in [0.3, 0.4) is 0 Å². The molecule has 0 aliphatic carbocycles. The average molecular weight is 241 g/mol. The molecule has 0 saturated carbocycles. The average Bonchev–Trinajstić information content (AvgIpc) is 2.27. The van der Waals surface area contributed by atoms with Crippen LogP contribution in [-0.4, -0.2) is 17.9 Å². The molecule has 1 atom stereocenters. The van der Waals surface area contributed by atoms with E-state index >= 15 is 0 Å². The lowest BCUT2D eigenvalue weighted by Gasteiger charge is -2.15. The smallest absolute Gasteiger partial charge is 0.274 e. The summed E-state index contributed by atoms with van der Waals surface area (Å²) >= 11 is 0. The third-order valence-corrected chi connectivity index (χ3v) is 2.04. The molecule has 7 heteroatoms. The minimum atomic E-state index is -0.974. The summed E-state index contributed by atoms with van der Waals surface area (Å²) in [5.74, 6) is 2.42. The largest absolute Gasteiger partial charge is 0.480 e. The number of benzene rings is 1. The van der Waals surface area contributed by atoms with Gasteiger partial charge in [-0.15, -0.1) is 0 Å². The zero-order valence-electron chi connectivity index (χ0n) is 9.07. The van der Waals surface area contributed by atoms with Gasteiger partial charge in [-0.2, -0.15) is 0 Å². The van der Waals surface area contributed by atoms with Gasteiger partial charge in [0, 0.05) is 0 Å². The molecule has 0 radical (unpaired) electrons. The molecule has 0 bridgehead atoms. The molecule has 1 aromatic carbocycles. The van der Waals surface area contributed by atoms with Gasteiger partial charge in [0.15, 0.2) is 6.10 Å². The second-order valence-corrected chi connectivity index (χ2v) is 3.25. The minimum absolute atomic E-state index is 0.103. The fourth-order valence-corrected chi connectivity index (χ4v) is 1.20. The first kappa shape index (κ1) is 12.9. The van der Waals surface area contributed by atoms with Crippen LogP contribution in [0.1, 0.15) is 17.3 Å². The van der Waals surface area contributed by atoms with Crippen molar-refractivity contribution in [3.63, 3.8) is 0 Å². The van der Waals surface area contributed by atoms with E-state index in [0.717, 1.165) is 6.07 Å². The van der Waals surface area contributed by atoms with Crippen molar-refractivity contribution < 1.29 is 18.7 Å². The molecule has 0 fully saturated rings. The van der Waals surface area contributed by atoms with Crippen molar-refractivity contribution in [2.24, 2.45) is 11.6 Å². The van der Waals surface area contributed by atoms with E-state index in [4.69, 9.17) is 16.3 Å². The number of halogens is 1. The fraction of sp³-hybridized carbons (Fsp3) is 0.200. The predicted molar refractivity (Wildman–Crippen MR) is 57.3 cm³/mol. The molecule has 0 spiro atoms. The van der Waals surface area contributed by atoms with E-state index in [2.05, 4.69) is 0 Å². The monoisotopic (exact) mass is 241 g/mol. The fourth-order valence-electron chi connectivity index (χ4n) is 1.20. The Hall–Kier alpha value is -2.15. The Labute approximate surface area is 96.7 Å². The SMILES string of the molecule is CC(Oc1cccc(F)c1C(N)=O)C(=O)NN. The van der Waals surface area contributed by atoms with Crippen LogP contribution in [0.5, 0.6) is 5.75 Å². The number of hydrazine groups is 1. The van der Waals surface area contributed by atoms with Gasteiger partial charge in [-0.1, -0.05) is 6.07 Å². The number of nitrogens with two attached hydrogens (primary N) is 2. The highest BCUT2D eigenvalue weighted by Crippen LogP contribution is 2.22. The molecule has 0 heterocycles. The maximum absolute atomic E-state index is 13.3. The van der Waals surface area contributed by atoms with Crippen LogP contribution in [0.2, 0.25) is 0 Å². The minimum Gasteiger partial charge on any atom is -0.480 e. The molecule has 6 nitrogen and oxygen atoms in total. The number of nitrogens with one attached hydrogen (secondary N) is 1. The van der Waals surface area contributed by atoms with Crippen molar-refractivity contribution in [1.82, 2.24) is 5.43 Å². The van der Waals surface area contributed by atoms with E-state index in [9.17, 15) is 14.0 Å². The molecule has 2 amide bonds. The third-order valence-electron chi connectivity index (χ3n) is 2.04. The number of carbonyl (C=O) groups is 2. The molecule has 92 valence electrons. The topological polar surface area (TPSA) is 107 Å². The normalized spacial score (nSPS) is 11.7. The summed E-state index contributed by atoms with van der Waals surface area (Å²) in [4.78, 5) is 22.2.